The van der Waals surface area contributed by atoms with Crippen molar-refractivity contribution >= 4 is 35.1 Å². The Morgan fingerprint density at radius 1 is 0.941 bits per heavy atom. The van der Waals surface area contributed by atoms with Crippen molar-refractivity contribution in [1.29, 1.82) is 0 Å². The summed E-state index contributed by atoms with van der Waals surface area (Å²) in [5.74, 6) is -1.75. The molecule has 34 heavy (non-hydrogen) atoms. The molecule has 0 radical (unpaired) electrons. The molecule has 2 heterocycles. The number of carbonyl (C=O) groups is 4. The summed E-state index contributed by atoms with van der Waals surface area (Å²) < 4.78 is 5.61. The third kappa shape index (κ3) is 3.79. The van der Waals surface area contributed by atoms with Crippen LogP contribution in [0.5, 0.6) is 5.75 Å². The van der Waals surface area contributed by atoms with E-state index in [0.717, 1.165) is 42.5 Å². The number of amides is 3. The Morgan fingerprint density at radius 3 is 2.32 bits per heavy atom. The normalized spacial score (nSPS) is 24.5. The zero-order valence-electron chi connectivity index (χ0n) is 19.5. The summed E-state index contributed by atoms with van der Waals surface area (Å²) in [6.07, 6.45) is 3.49. The van der Waals surface area contributed by atoms with Crippen molar-refractivity contribution in [2.75, 3.05) is 16.3 Å². The molecule has 176 valence electrons. The average Bonchev–Trinajstić information content (AvgIpc) is 3.33. The van der Waals surface area contributed by atoms with Crippen LogP contribution in [0.4, 0.5) is 11.4 Å². The van der Waals surface area contributed by atoms with Crippen LogP contribution in [-0.2, 0) is 19.2 Å². The molecule has 0 aromatic heterocycles. The van der Waals surface area contributed by atoms with Gasteiger partial charge in [0, 0.05) is 24.7 Å². The lowest BCUT2D eigenvalue weighted by atomic mass is 9.81. The van der Waals surface area contributed by atoms with Crippen LogP contribution in [0, 0.1) is 31.6 Å². The van der Waals surface area contributed by atoms with E-state index >= 15 is 0 Å². The summed E-state index contributed by atoms with van der Waals surface area (Å²) in [5, 5.41) is 0. The van der Waals surface area contributed by atoms with E-state index in [0.29, 0.717) is 5.69 Å². The first-order chi connectivity index (χ1) is 16.3. The molecule has 3 amide bonds. The Balaban J connectivity index is 1.30. The van der Waals surface area contributed by atoms with Crippen molar-refractivity contribution in [3.8, 4) is 5.75 Å². The molecule has 5 rings (SSSR count). The Kier molecular flexibility index (Phi) is 5.71. The standard InChI is InChI=1S/C27H28N2O5/c1-16-7-5-12-23(17(16)2)28-15-18(13-24(28)30)27(33)34-20-9-6-8-19(14-20)29-25(31)21-10-3-4-11-22(21)26(29)32/h5-9,12,14,18,21-22H,3-4,10-11,13,15H2,1-2H3/t18-,21+,22+/m1/s1. The second-order valence-electron chi connectivity index (χ2n) is 9.55. The zero-order chi connectivity index (χ0) is 24.0. The molecule has 2 saturated heterocycles. The summed E-state index contributed by atoms with van der Waals surface area (Å²) >= 11 is 0. The number of fused-ring (bicyclic) bond motifs is 1. The minimum atomic E-state index is -0.589. The van der Waals surface area contributed by atoms with Crippen LogP contribution >= 0.6 is 0 Å². The number of hydrogen-bond acceptors (Lipinski definition) is 5. The number of anilines is 2. The molecule has 3 atom stereocenters. The highest BCUT2D eigenvalue weighted by Crippen LogP contribution is 2.40. The van der Waals surface area contributed by atoms with E-state index in [1.54, 1.807) is 29.2 Å². The summed E-state index contributed by atoms with van der Waals surface area (Å²) in [4.78, 5) is 54.3. The van der Waals surface area contributed by atoms with Gasteiger partial charge in [-0.1, -0.05) is 31.0 Å². The fraction of sp³-hybridized carbons (Fsp3) is 0.407. The van der Waals surface area contributed by atoms with Crippen LogP contribution in [-0.4, -0.2) is 30.2 Å². The maximum absolute atomic E-state index is 12.9. The number of benzene rings is 2. The first kappa shape index (κ1) is 22.3. The fourth-order valence-corrected chi connectivity index (χ4v) is 5.43. The minimum absolute atomic E-state index is 0.0817. The number of hydrogen-bond donors (Lipinski definition) is 0. The van der Waals surface area contributed by atoms with Crippen LogP contribution in [0.3, 0.4) is 0 Å². The van der Waals surface area contributed by atoms with E-state index in [-0.39, 0.29) is 48.3 Å². The van der Waals surface area contributed by atoms with Crippen molar-refractivity contribution in [3.63, 3.8) is 0 Å². The Hall–Kier alpha value is -3.48. The molecule has 0 bridgehead atoms. The van der Waals surface area contributed by atoms with Gasteiger partial charge in [0.05, 0.1) is 23.4 Å². The first-order valence-corrected chi connectivity index (χ1v) is 11.9. The van der Waals surface area contributed by atoms with Gasteiger partial charge in [-0.2, -0.15) is 0 Å². The number of nitrogens with zero attached hydrogens (tertiary/aromatic N) is 2. The van der Waals surface area contributed by atoms with Crippen LogP contribution < -0.4 is 14.5 Å². The van der Waals surface area contributed by atoms with Gasteiger partial charge in [-0.05, 0) is 56.0 Å². The van der Waals surface area contributed by atoms with Gasteiger partial charge in [-0.3, -0.25) is 19.2 Å². The summed E-state index contributed by atoms with van der Waals surface area (Å²) in [7, 11) is 0. The van der Waals surface area contributed by atoms with Gasteiger partial charge in [0.15, 0.2) is 0 Å². The molecule has 2 aromatic carbocycles. The molecule has 3 fully saturated rings. The van der Waals surface area contributed by atoms with Crippen molar-refractivity contribution in [1.82, 2.24) is 0 Å². The molecule has 7 nitrogen and oxygen atoms in total. The predicted molar refractivity (Wildman–Crippen MR) is 126 cm³/mol. The zero-order valence-corrected chi connectivity index (χ0v) is 19.5. The number of aryl methyl sites for hydroxylation is 1. The van der Waals surface area contributed by atoms with Gasteiger partial charge in [-0.15, -0.1) is 0 Å². The predicted octanol–water partition coefficient (Wildman–Crippen LogP) is 3.94. The quantitative estimate of drug-likeness (QED) is 0.392. The molecule has 0 N–H and O–H groups in total. The third-order valence-electron chi connectivity index (χ3n) is 7.46. The largest absolute Gasteiger partial charge is 0.426 e. The second-order valence-corrected chi connectivity index (χ2v) is 9.55. The Bertz CT molecular complexity index is 1170. The fourth-order valence-electron chi connectivity index (χ4n) is 5.43. The number of esters is 1. The smallest absolute Gasteiger partial charge is 0.316 e. The highest BCUT2D eigenvalue weighted by atomic mass is 16.5. The molecule has 1 aliphatic carbocycles. The number of imide groups is 1. The van der Waals surface area contributed by atoms with Gasteiger partial charge in [0.25, 0.3) is 0 Å². The lowest BCUT2D eigenvalue weighted by molar-refractivity contribution is -0.139. The number of carbonyl (C=O) groups excluding carboxylic acids is 4. The van der Waals surface area contributed by atoms with E-state index < -0.39 is 11.9 Å². The van der Waals surface area contributed by atoms with Crippen LogP contribution in [0.25, 0.3) is 0 Å². The molecule has 3 aliphatic rings. The third-order valence-corrected chi connectivity index (χ3v) is 7.46. The monoisotopic (exact) mass is 460 g/mol. The lowest BCUT2D eigenvalue weighted by Gasteiger charge is -2.20. The molecule has 7 heteroatoms. The SMILES string of the molecule is Cc1cccc(N2C[C@H](C(=O)Oc3cccc(N4C(=O)[C@H]5CCCC[C@@H]5C4=O)c3)CC2=O)c1C. The van der Waals surface area contributed by atoms with E-state index in [9.17, 15) is 19.2 Å². The van der Waals surface area contributed by atoms with Crippen LogP contribution in [0.2, 0.25) is 0 Å². The van der Waals surface area contributed by atoms with Crippen molar-refractivity contribution in [3.05, 3.63) is 53.6 Å². The van der Waals surface area contributed by atoms with E-state index in [1.807, 2.05) is 32.0 Å². The Labute approximate surface area is 198 Å². The molecular weight excluding hydrogens is 432 g/mol. The van der Waals surface area contributed by atoms with Gasteiger partial charge < -0.3 is 9.64 Å². The highest BCUT2D eigenvalue weighted by Gasteiger charge is 2.48. The summed E-state index contributed by atoms with van der Waals surface area (Å²) in [5.41, 5.74) is 3.33. The van der Waals surface area contributed by atoms with Crippen molar-refractivity contribution in [2.24, 2.45) is 17.8 Å². The topological polar surface area (TPSA) is 84.0 Å². The summed E-state index contributed by atoms with van der Waals surface area (Å²) in [6.45, 7) is 4.21. The molecule has 0 spiro atoms. The Morgan fingerprint density at radius 2 is 1.62 bits per heavy atom. The van der Waals surface area contributed by atoms with Gasteiger partial charge in [0.2, 0.25) is 17.7 Å². The van der Waals surface area contributed by atoms with Gasteiger partial charge in [-0.25, -0.2) is 4.90 Å². The second kappa shape index (κ2) is 8.70. The van der Waals surface area contributed by atoms with E-state index in [4.69, 9.17) is 4.74 Å². The number of rotatable bonds is 4. The van der Waals surface area contributed by atoms with Crippen molar-refractivity contribution in [2.45, 2.75) is 46.0 Å². The van der Waals surface area contributed by atoms with Crippen LogP contribution in [0.15, 0.2) is 42.5 Å². The maximum Gasteiger partial charge on any atom is 0.316 e. The molecule has 0 unspecified atom stereocenters. The summed E-state index contributed by atoms with van der Waals surface area (Å²) in [6, 6.07) is 12.3. The maximum atomic E-state index is 12.9. The van der Waals surface area contributed by atoms with Crippen molar-refractivity contribution < 1.29 is 23.9 Å². The average molecular weight is 461 g/mol. The number of ether oxygens (including phenoxy) is 1. The highest BCUT2D eigenvalue weighted by molar-refractivity contribution is 6.22. The van der Waals surface area contributed by atoms with Gasteiger partial charge in [0.1, 0.15) is 5.75 Å². The molecular formula is C27H28N2O5. The lowest BCUT2D eigenvalue weighted by Crippen LogP contribution is -2.31. The van der Waals surface area contributed by atoms with Gasteiger partial charge >= 0.3 is 5.97 Å². The minimum Gasteiger partial charge on any atom is -0.426 e. The van der Waals surface area contributed by atoms with E-state index in [2.05, 4.69) is 0 Å². The molecule has 2 aromatic rings. The first-order valence-electron chi connectivity index (χ1n) is 11.9. The van der Waals surface area contributed by atoms with E-state index in [1.165, 1.54) is 4.90 Å². The molecule has 2 aliphatic heterocycles. The van der Waals surface area contributed by atoms with Crippen LogP contribution in [0.1, 0.15) is 43.2 Å². The molecule has 1 saturated carbocycles.